The molecule has 0 fully saturated rings. The number of halogens is 1. The van der Waals surface area contributed by atoms with Crippen LogP contribution in [0.1, 0.15) is 69.7 Å². The lowest BCUT2D eigenvalue weighted by Gasteiger charge is -2.32. The van der Waals surface area contributed by atoms with Gasteiger partial charge >= 0.3 is 0 Å². The fraction of sp³-hybridized carbons (Fsp3) is 0.435. The summed E-state index contributed by atoms with van der Waals surface area (Å²) >= 11 is 5.94. The summed E-state index contributed by atoms with van der Waals surface area (Å²) in [6, 6.07) is 17.0. The molecule has 2 unspecified atom stereocenters. The van der Waals surface area contributed by atoms with E-state index in [2.05, 4.69) is 50.5 Å². The molecule has 1 aliphatic heterocycles. The van der Waals surface area contributed by atoms with Crippen LogP contribution in [-0.4, -0.2) is 18.0 Å². The van der Waals surface area contributed by atoms with E-state index in [0.29, 0.717) is 17.1 Å². The standard InChI is InChI=1S/C17H16ClNO.C6H15N/c1-2-13-14-5-3-4-6-15(14)16(19-17(13)20)11-7-9-12(18)10-8-11;1-5(2)7-6(3)4/h3-10,13,16H,2H2,1H3,(H,19,20);5-7H,1-4H3. The van der Waals surface area contributed by atoms with Crippen LogP contribution >= 0.6 is 11.6 Å². The zero-order chi connectivity index (χ0) is 20.0. The Morgan fingerprint density at radius 2 is 1.52 bits per heavy atom. The average Bonchev–Trinajstić information content (AvgIpc) is 2.61. The third kappa shape index (κ3) is 5.82. The van der Waals surface area contributed by atoms with Crippen LogP contribution in [0.3, 0.4) is 0 Å². The van der Waals surface area contributed by atoms with Gasteiger partial charge in [0.25, 0.3) is 0 Å². The summed E-state index contributed by atoms with van der Waals surface area (Å²) in [7, 11) is 0. The van der Waals surface area contributed by atoms with E-state index in [4.69, 9.17) is 11.6 Å². The van der Waals surface area contributed by atoms with Crippen LogP contribution in [0.4, 0.5) is 0 Å². The monoisotopic (exact) mass is 386 g/mol. The number of amides is 1. The summed E-state index contributed by atoms with van der Waals surface area (Å²) in [5.74, 6) is 0.0564. The molecule has 1 heterocycles. The topological polar surface area (TPSA) is 41.1 Å². The van der Waals surface area contributed by atoms with E-state index in [1.807, 2.05) is 43.3 Å². The Morgan fingerprint density at radius 3 is 2.00 bits per heavy atom. The van der Waals surface area contributed by atoms with Crippen molar-refractivity contribution in [2.75, 3.05) is 0 Å². The van der Waals surface area contributed by atoms with Crippen LogP contribution in [0.5, 0.6) is 0 Å². The number of fused-ring (bicyclic) bond motifs is 1. The fourth-order valence-electron chi connectivity index (χ4n) is 3.54. The molecule has 0 aromatic heterocycles. The Bertz CT molecular complexity index is 734. The number of hydrogen-bond donors (Lipinski definition) is 2. The summed E-state index contributed by atoms with van der Waals surface area (Å²) in [6.07, 6.45) is 0.816. The predicted molar refractivity (Wildman–Crippen MR) is 114 cm³/mol. The molecule has 0 saturated heterocycles. The third-order valence-corrected chi connectivity index (χ3v) is 4.82. The van der Waals surface area contributed by atoms with Crippen molar-refractivity contribution in [3.8, 4) is 0 Å². The second-order valence-corrected chi connectivity index (χ2v) is 8.00. The first-order chi connectivity index (χ1) is 12.8. The van der Waals surface area contributed by atoms with Crippen molar-refractivity contribution in [3.63, 3.8) is 0 Å². The minimum Gasteiger partial charge on any atom is -0.345 e. The van der Waals surface area contributed by atoms with E-state index in [1.54, 1.807) is 0 Å². The van der Waals surface area contributed by atoms with Gasteiger partial charge in [-0.2, -0.15) is 0 Å². The van der Waals surface area contributed by atoms with E-state index >= 15 is 0 Å². The number of hydrogen-bond acceptors (Lipinski definition) is 2. The van der Waals surface area contributed by atoms with Gasteiger partial charge in [0.1, 0.15) is 0 Å². The van der Waals surface area contributed by atoms with Crippen LogP contribution in [0, 0.1) is 0 Å². The molecule has 0 aliphatic carbocycles. The minimum absolute atomic E-state index is 0.0465. The van der Waals surface area contributed by atoms with Crippen molar-refractivity contribution in [2.24, 2.45) is 0 Å². The van der Waals surface area contributed by atoms with Gasteiger partial charge < -0.3 is 10.6 Å². The maximum absolute atomic E-state index is 12.3. The van der Waals surface area contributed by atoms with Gasteiger partial charge in [-0.1, -0.05) is 82.6 Å². The highest BCUT2D eigenvalue weighted by Crippen LogP contribution is 2.36. The molecule has 0 spiro atoms. The molecule has 146 valence electrons. The van der Waals surface area contributed by atoms with Gasteiger partial charge in [-0.3, -0.25) is 4.79 Å². The van der Waals surface area contributed by atoms with Gasteiger partial charge in [-0.25, -0.2) is 0 Å². The highest BCUT2D eigenvalue weighted by molar-refractivity contribution is 6.30. The molecule has 4 heteroatoms. The highest BCUT2D eigenvalue weighted by atomic mass is 35.5. The number of carbonyl (C=O) groups excluding carboxylic acids is 1. The lowest BCUT2D eigenvalue weighted by molar-refractivity contribution is -0.123. The molecule has 0 radical (unpaired) electrons. The molecule has 2 aromatic rings. The molecule has 0 saturated carbocycles. The van der Waals surface area contributed by atoms with Crippen molar-refractivity contribution in [3.05, 3.63) is 70.2 Å². The molecule has 27 heavy (non-hydrogen) atoms. The van der Waals surface area contributed by atoms with Crippen LogP contribution in [-0.2, 0) is 4.79 Å². The molecule has 1 amide bonds. The van der Waals surface area contributed by atoms with Crippen molar-refractivity contribution in [1.82, 2.24) is 10.6 Å². The first kappa shape index (κ1) is 21.5. The fourth-order valence-corrected chi connectivity index (χ4v) is 3.67. The van der Waals surface area contributed by atoms with E-state index in [9.17, 15) is 4.79 Å². The lowest BCUT2D eigenvalue weighted by atomic mass is 9.82. The van der Waals surface area contributed by atoms with E-state index in [-0.39, 0.29) is 17.9 Å². The molecule has 2 atom stereocenters. The molecule has 1 aliphatic rings. The van der Waals surface area contributed by atoms with Crippen LogP contribution in [0.15, 0.2) is 48.5 Å². The van der Waals surface area contributed by atoms with E-state index < -0.39 is 0 Å². The Morgan fingerprint density at radius 1 is 0.963 bits per heavy atom. The summed E-state index contributed by atoms with van der Waals surface area (Å²) < 4.78 is 0. The van der Waals surface area contributed by atoms with Gasteiger partial charge in [0.05, 0.1) is 12.0 Å². The Labute approximate surface area is 168 Å². The van der Waals surface area contributed by atoms with Crippen molar-refractivity contribution >= 4 is 17.5 Å². The SMILES string of the molecule is CC(C)NC(C)C.CCC1C(=O)NC(c2ccc(Cl)cc2)c2ccccc21. The molecular weight excluding hydrogens is 356 g/mol. The van der Waals surface area contributed by atoms with Gasteiger partial charge in [0.2, 0.25) is 5.91 Å². The normalized spacial score (nSPS) is 18.6. The van der Waals surface area contributed by atoms with Gasteiger partial charge in [-0.05, 0) is 35.2 Å². The molecular formula is C23H31ClN2O. The maximum Gasteiger partial charge on any atom is 0.228 e. The largest absolute Gasteiger partial charge is 0.345 e. The first-order valence-corrected chi connectivity index (χ1v) is 10.1. The number of carbonyl (C=O) groups is 1. The molecule has 0 bridgehead atoms. The lowest BCUT2D eigenvalue weighted by Crippen LogP contribution is -2.38. The van der Waals surface area contributed by atoms with E-state index in [0.717, 1.165) is 17.5 Å². The van der Waals surface area contributed by atoms with Gasteiger partial charge in [-0.15, -0.1) is 0 Å². The Kier molecular flexibility index (Phi) is 7.88. The summed E-state index contributed by atoms with van der Waals surface area (Å²) in [4.78, 5) is 12.3. The molecule has 3 nitrogen and oxygen atoms in total. The molecule has 2 aromatic carbocycles. The first-order valence-electron chi connectivity index (χ1n) is 9.74. The van der Waals surface area contributed by atoms with Crippen LogP contribution in [0.25, 0.3) is 0 Å². The number of benzene rings is 2. The van der Waals surface area contributed by atoms with Crippen LogP contribution in [0.2, 0.25) is 5.02 Å². The van der Waals surface area contributed by atoms with Crippen molar-refractivity contribution in [1.29, 1.82) is 0 Å². The van der Waals surface area contributed by atoms with Crippen molar-refractivity contribution in [2.45, 2.75) is 65.1 Å². The van der Waals surface area contributed by atoms with Crippen molar-refractivity contribution < 1.29 is 4.79 Å². The molecule has 3 rings (SSSR count). The molecule has 2 N–H and O–H groups in total. The summed E-state index contributed by atoms with van der Waals surface area (Å²) in [5, 5.41) is 7.14. The minimum atomic E-state index is -0.0845. The van der Waals surface area contributed by atoms with Gasteiger partial charge in [0.15, 0.2) is 0 Å². The highest BCUT2D eigenvalue weighted by Gasteiger charge is 2.32. The zero-order valence-electron chi connectivity index (χ0n) is 16.9. The third-order valence-electron chi connectivity index (χ3n) is 4.56. The zero-order valence-corrected chi connectivity index (χ0v) is 17.7. The average molecular weight is 387 g/mol. The second kappa shape index (κ2) is 9.91. The second-order valence-electron chi connectivity index (χ2n) is 7.56. The number of nitrogens with one attached hydrogen (secondary N) is 2. The number of rotatable bonds is 4. The summed E-state index contributed by atoms with van der Waals surface area (Å²) in [6.45, 7) is 10.7. The Hall–Kier alpha value is -1.84. The van der Waals surface area contributed by atoms with Gasteiger partial charge in [0, 0.05) is 17.1 Å². The maximum atomic E-state index is 12.3. The van der Waals surface area contributed by atoms with E-state index in [1.165, 1.54) is 5.56 Å². The smallest absolute Gasteiger partial charge is 0.228 e. The van der Waals surface area contributed by atoms with Crippen LogP contribution < -0.4 is 10.6 Å². The Balaban J connectivity index is 0.000000321. The summed E-state index contributed by atoms with van der Waals surface area (Å²) in [5.41, 5.74) is 3.38. The predicted octanol–water partition coefficient (Wildman–Crippen LogP) is 5.45. The quantitative estimate of drug-likeness (QED) is 0.733.